The number of hydrogen-bond donors (Lipinski definition) is 1. The molecule has 1 aromatic carbocycles. The molecule has 1 N–H and O–H groups in total. The molecule has 0 saturated heterocycles. The number of nitrogens with zero attached hydrogens (tertiary/aromatic N) is 1. The quantitative estimate of drug-likeness (QED) is 0.925. The first-order valence-corrected chi connectivity index (χ1v) is 8.07. The van der Waals surface area contributed by atoms with Crippen LogP contribution in [-0.4, -0.2) is 16.9 Å². The zero-order valence-corrected chi connectivity index (χ0v) is 13.0. The lowest BCUT2D eigenvalue weighted by Gasteiger charge is -2.22. The van der Waals surface area contributed by atoms with Gasteiger partial charge < -0.3 is 5.32 Å². The predicted octanol–water partition coefficient (Wildman–Crippen LogP) is 4.12. The molecule has 3 nitrogen and oxygen atoms in total. The lowest BCUT2D eigenvalue weighted by atomic mass is 9.95. The van der Waals surface area contributed by atoms with E-state index in [2.05, 4.69) is 10.3 Å². The summed E-state index contributed by atoms with van der Waals surface area (Å²) in [4.78, 5) is 17.0. The molecule has 3 heteroatoms. The highest BCUT2D eigenvalue weighted by atomic mass is 16.1. The van der Waals surface area contributed by atoms with Gasteiger partial charge in [-0.05, 0) is 37.5 Å². The van der Waals surface area contributed by atoms with Crippen LogP contribution in [0.15, 0.2) is 42.5 Å². The standard InChI is InChI=1S/C19H22N2O/c1-14-12-17(15-8-4-2-5-9-15)21-18(13-14)19(22)20-16-10-6-3-7-11-16/h2,4-5,8-9,12-13,16H,3,6-7,10-11H2,1H3,(H,20,22). The normalized spacial score (nSPS) is 15.5. The molecule has 1 aliphatic carbocycles. The summed E-state index contributed by atoms with van der Waals surface area (Å²) in [5.74, 6) is -0.0484. The van der Waals surface area contributed by atoms with Gasteiger partial charge in [0.25, 0.3) is 5.91 Å². The Hall–Kier alpha value is -2.16. The monoisotopic (exact) mass is 294 g/mol. The van der Waals surface area contributed by atoms with Crippen LogP contribution in [0.4, 0.5) is 0 Å². The van der Waals surface area contributed by atoms with Crippen molar-refractivity contribution in [1.82, 2.24) is 10.3 Å². The van der Waals surface area contributed by atoms with Crippen molar-refractivity contribution in [3.8, 4) is 11.3 Å². The molecular weight excluding hydrogens is 272 g/mol. The van der Waals surface area contributed by atoms with E-state index in [-0.39, 0.29) is 5.91 Å². The summed E-state index contributed by atoms with van der Waals surface area (Å²) < 4.78 is 0. The van der Waals surface area contributed by atoms with Crippen molar-refractivity contribution >= 4 is 5.91 Å². The van der Waals surface area contributed by atoms with Crippen LogP contribution in [0.5, 0.6) is 0 Å². The van der Waals surface area contributed by atoms with E-state index in [0.717, 1.165) is 29.7 Å². The topological polar surface area (TPSA) is 42.0 Å². The van der Waals surface area contributed by atoms with Gasteiger partial charge in [0.1, 0.15) is 5.69 Å². The summed E-state index contributed by atoms with van der Waals surface area (Å²) in [6.45, 7) is 2.01. The molecule has 0 spiro atoms. The lowest BCUT2D eigenvalue weighted by Crippen LogP contribution is -2.36. The molecule has 0 atom stereocenters. The Bertz CT molecular complexity index is 646. The van der Waals surface area contributed by atoms with Crippen LogP contribution >= 0.6 is 0 Å². The van der Waals surface area contributed by atoms with Crippen LogP contribution in [0.3, 0.4) is 0 Å². The minimum Gasteiger partial charge on any atom is -0.348 e. The van der Waals surface area contributed by atoms with E-state index in [1.807, 2.05) is 49.4 Å². The van der Waals surface area contributed by atoms with E-state index in [0.29, 0.717) is 11.7 Å². The van der Waals surface area contributed by atoms with Gasteiger partial charge in [0, 0.05) is 11.6 Å². The first-order chi connectivity index (χ1) is 10.7. The summed E-state index contributed by atoms with van der Waals surface area (Å²) in [5.41, 5.74) is 3.47. The zero-order valence-electron chi connectivity index (χ0n) is 13.0. The van der Waals surface area contributed by atoms with Gasteiger partial charge in [-0.15, -0.1) is 0 Å². The molecule has 1 aliphatic rings. The molecule has 0 radical (unpaired) electrons. The van der Waals surface area contributed by atoms with Crippen molar-refractivity contribution in [3.05, 3.63) is 53.7 Å². The van der Waals surface area contributed by atoms with Crippen LogP contribution in [0.25, 0.3) is 11.3 Å². The van der Waals surface area contributed by atoms with Gasteiger partial charge in [-0.25, -0.2) is 4.98 Å². The molecule has 0 aliphatic heterocycles. The molecule has 1 fully saturated rings. The maximum absolute atomic E-state index is 12.5. The third-order valence-corrected chi connectivity index (χ3v) is 4.21. The molecule has 114 valence electrons. The predicted molar refractivity (Wildman–Crippen MR) is 88.7 cm³/mol. The van der Waals surface area contributed by atoms with Crippen LogP contribution in [-0.2, 0) is 0 Å². The molecule has 0 bridgehead atoms. The highest BCUT2D eigenvalue weighted by molar-refractivity contribution is 5.93. The Morgan fingerprint density at radius 3 is 2.55 bits per heavy atom. The Morgan fingerprint density at radius 2 is 1.82 bits per heavy atom. The number of rotatable bonds is 3. The number of amides is 1. The molecular formula is C19H22N2O. The van der Waals surface area contributed by atoms with Gasteiger partial charge >= 0.3 is 0 Å². The highest BCUT2D eigenvalue weighted by Crippen LogP contribution is 2.20. The van der Waals surface area contributed by atoms with Gasteiger partial charge in [0.2, 0.25) is 0 Å². The SMILES string of the molecule is Cc1cc(C(=O)NC2CCCCC2)nc(-c2ccccc2)c1. The summed E-state index contributed by atoms with van der Waals surface area (Å²) in [6, 6.07) is 14.2. The average molecular weight is 294 g/mol. The fourth-order valence-electron chi connectivity index (χ4n) is 3.05. The Balaban J connectivity index is 1.81. The largest absolute Gasteiger partial charge is 0.348 e. The molecule has 1 heterocycles. The second-order valence-electron chi connectivity index (χ2n) is 6.09. The second kappa shape index (κ2) is 6.73. The number of carbonyl (C=O) groups is 1. The van der Waals surface area contributed by atoms with Crippen LogP contribution in [0, 0.1) is 6.92 Å². The van der Waals surface area contributed by atoms with E-state index in [1.54, 1.807) is 0 Å². The van der Waals surface area contributed by atoms with E-state index < -0.39 is 0 Å². The van der Waals surface area contributed by atoms with E-state index in [9.17, 15) is 4.79 Å². The summed E-state index contributed by atoms with van der Waals surface area (Å²) in [5, 5.41) is 3.14. The number of nitrogens with one attached hydrogen (secondary N) is 1. The minimum absolute atomic E-state index is 0.0484. The first-order valence-electron chi connectivity index (χ1n) is 8.07. The molecule has 22 heavy (non-hydrogen) atoms. The molecule has 1 amide bonds. The fourth-order valence-corrected chi connectivity index (χ4v) is 3.05. The van der Waals surface area contributed by atoms with Crippen LogP contribution in [0.2, 0.25) is 0 Å². The highest BCUT2D eigenvalue weighted by Gasteiger charge is 2.18. The van der Waals surface area contributed by atoms with E-state index in [1.165, 1.54) is 19.3 Å². The first kappa shape index (κ1) is 14.8. The van der Waals surface area contributed by atoms with E-state index in [4.69, 9.17) is 0 Å². The fraction of sp³-hybridized carbons (Fsp3) is 0.368. The third kappa shape index (κ3) is 3.53. The molecule has 3 rings (SSSR count). The van der Waals surface area contributed by atoms with Crippen molar-refractivity contribution in [1.29, 1.82) is 0 Å². The second-order valence-corrected chi connectivity index (χ2v) is 6.09. The van der Waals surface area contributed by atoms with Crippen molar-refractivity contribution in [2.75, 3.05) is 0 Å². The number of hydrogen-bond acceptors (Lipinski definition) is 2. The number of aryl methyl sites for hydroxylation is 1. The smallest absolute Gasteiger partial charge is 0.270 e. The minimum atomic E-state index is -0.0484. The van der Waals surface area contributed by atoms with Crippen molar-refractivity contribution in [2.45, 2.75) is 45.1 Å². The third-order valence-electron chi connectivity index (χ3n) is 4.21. The Morgan fingerprint density at radius 1 is 1.09 bits per heavy atom. The molecule has 1 saturated carbocycles. The van der Waals surface area contributed by atoms with Crippen molar-refractivity contribution in [2.24, 2.45) is 0 Å². The maximum Gasteiger partial charge on any atom is 0.270 e. The summed E-state index contributed by atoms with van der Waals surface area (Å²) >= 11 is 0. The average Bonchev–Trinajstić information content (AvgIpc) is 2.56. The maximum atomic E-state index is 12.5. The number of carbonyl (C=O) groups excluding carboxylic acids is 1. The van der Waals surface area contributed by atoms with Gasteiger partial charge in [0.05, 0.1) is 5.69 Å². The van der Waals surface area contributed by atoms with Crippen LogP contribution in [0.1, 0.15) is 48.2 Å². The van der Waals surface area contributed by atoms with Gasteiger partial charge in [-0.3, -0.25) is 4.79 Å². The lowest BCUT2D eigenvalue weighted by molar-refractivity contribution is 0.0922. The molecule has 1 aromatic heterocycles. The van der Waals surface area contributed by atoms with Crippen LogP contribution < -0.4 is 5.32 Å². The van der Waals surface area contributed by atoms with Crippen molar-refractivity contribution < 1.29 is 4.79 Å². The number of pyridine rings is 1. The number of aromatic nitrogens is 1. The summed E-state index contributed by atoms with van der Waals surface area (Å²) in [7, 11) is 0. The Labute approximate surface area is 131 Å². The van der Waals surface area contributed by atoms with E-state index >= 15 is 0 Å². The Kier molecular flexibility index (Phi) is 4.52. The van der Waals surface area contributed by atoms with Gasteiger partial charge in [-0.1, -0.05) is 49.6 Å². The molecule has 0 unspecified atom stereocenters. The summed E-state index contributed by atoms with van der Waals surface area (Å²) in [6.07, 6.45) is 5.88. The zero-order chi connectivity index (χ0) is 15.4. The molecule has 2 aromatic rings. The number of benzene rings is 1. The van der Waals surface area contributed by atoms with Gasteiger partial charge in [-0.2, -0.15) is 0 Å². The van der Waals surface area contributed by atoms with Gasteiger partial charge in [0.15, 0.2) is 0 Å². The van der Waals surface area contributed by atoms with Crippen molar-refractivity contribution in [3.63, 3.8) is 0 Å².